The van der Waals surface area contributed by atoms with E-state index in [1.807, 2.05) is 6.92 Å². The summed E-state index contributed by atoms with van der Waals surface area (Å²) >= 11 is 7.16. The lowest BCUT2D eigenvalue weighted by Crippen LogP contribution is -2.29. The highest BCUT2D eigenvalue weighted by atomic mass is 35.5. The van der Waals surface area contributed by atoms with Crippen molar-refractivity contribution in [3.05, 3.63) is 91.8 Å². The van der Waals surface area contributed by atoms with Gasteiger partial charge in [0.05, 0.1) is 36.4 Å². The number of ether oxygens (including phenoxy) is 3. The molecule has 11 heteroatoms. The van der Waals surface area contributed by atoms with Gasteiger partial charge in [-0.2, -0.15) is 0 Å². The van der Waals surface area contributed by atoms with E-state index >= 15 is 0 Å². The van der Waals surface area contributed by atoms with Crippen molar-refractivity contribution in [3.8, 4) is 11.5 Å². The second-order valence-corrected chi connectivity index (χ2v) is 9.95. The highest BCUT2D eigenvalue weighted by Crippen LogP contribution is 2.45. The lowest BCUT2D eigenvalue weighted by Gasteiger charge is -2.23. The quantitative estimate of drug-likeness (QED) is 0.197. The molecule has 1 aliphatic heterocycles. The molecule has 1 atom stereocenters. The number of benzene rings is 2. The maximum atomic E-state index is 13.9. The van der Waals surface area contributed by atoms with E-state index in [1.165, 1.54) is 24.2 Å². The first-order valence-electron chi connectivity index (χ1n) is 11.9. The highest BCUT2D eigenvalue weighted by molar-refractivity contribution is 7.17. The number of nitrogens with zero attached hydrogens (tertiary/aromatic N) is 2. The number of carbonyl (C=O) groups excluding carboxylic acids is 2. The number of aryl methyl sites for hydroxylation is 1. The predicted molar refractivity (Wildman–Crippen MR) is 148 cm³/mol. The first-order valence-corrected chi connectivity index (χ1v) is 13.1. The molecule has 0 saturated heterocycles. The third kappa shape index (κ3) is 4.55. The number of thiazole rings is 1. The molecule has 1 unspecified atom stereocenters. The van der Waals surface area contributed by atoms with Gasteiger partial charge >= 0.3 is 5.97 Å². The summed E-state index contributed by atoms with van der Waals surface area (Å²) in [6.45, 7) is 7.50. The minimum absolute atomic E-state index is 0.0295. The predicted octanol–water partition coefficient (Wildman–Crippen LogP) is 5.71. The van der Waals surface area contributed by atoms with Gasteiger partial charge < -0.3 is 18.6 Å². The molecule has 3 heterocycles. The van der Waals surface area contributed by atoms with Crippen molar-refractivity contribution in [2.24, 2.45) is 0 Å². The SMILES string of the molecule is C=CCOC(=O)c1sc(N2C(=O)c3oc4ccc(Cl)cc4c(=O)c3C2c2ccc(OCC)c(OC)c2)nc1C. The maximum Gasteiger partial charge on any atom is 0.350 e. The Hall–Kier alpha value is -4.15. The number of halogens is 1. The number of esters is 1. The molecule has 2 aromatic carbocycles. The summed E-state index contributed by atoms with van der Waals surface area (Å²) in [6, 6.07) is 8.86. The molecule has 4 aromatic rings. The van der Waals surface area contributed by atoms with Crippen molar-refractivity contribution in [1.29, 1.82) is 0 Å². The van der Waals surface area contributed by atoms with Crippen LogP contribution in [-0.4, -0.2) is 37.2 Å². The summed E-state index contributed by atoms with van der Waals surface area (Å²) < 4.78 is 22.3. The van der Waals surface area contributed by atoms with E-state index in [2.05, 4.69) is 11.6 Å². The van der Waals surface area contributed by atoms with Gasteiger partial charge in [-0.05, 0) is 49.7 Å². The second-order valence-electron chi connectivity index (χ2n) is 8.53. The van der Waals surface area contributed by atoms with Crippen LogP contribution in [0.25, 0.3) is 11.0 Å². The zero-order valence-electron chi connectivity index (χ0n) is 21.3. The van der Waals surface area contributed by atoms with Crippen molar-refractivity contribution >= 4 is 50.9 Å². The molecule has 1 aliphatic rings. The molecular formula is C28H23ClN2O7S. The van der Waals surface area contributed by atoms with Crippen molar-refractivity contribution in [2.45, 2.75) is 19.9 Å². The molecule has 2 aromatic heterocycles. The molecule has 0 saturated carbocycles. The molecule has 9 nitrogen and oxygen atoms in total. The zero-order valence-corrected chi connectivity index (χ0v) is 22.9. The molecule has 5 rings (SSSR count). The van der Waals surface area contributed by atoms with E-state index in [-0.39, 0.29) is 38.9 Å². The molecule has 1 amide bonds. The van der Waals surface area contributed by atoms with Crippen LogP contribution in [0, 0.1) is 6.92 Å². The number of carbonyl (C=O) groups is 2. The maximum absolute atomic E-state index is 13.9. The molecular weight excluding hydrogens is 544 g/mol. The summed E-state index contributed by atoms with van der Waals surface area (Å²) in [5, 5.41) is 0.796. The largest absolute Gasteiger partial charge is 0.493 e. The molecule has 39 heavy (non-hydrogen) atoms. The van der Waals surface area contributed by atoms with Crippen LogP contribution in [0.3, 0.4) is 0 Å². The molecule has 0 radical (unpaired) electrons. The Morgan fingerprint density at radius 2 is 2.03 bits per heavy atom. The van der Waals surface area contributed by atoms with Crippen LogP contribution in [0.2, 0.25) is 5.02 Å². The van der Waals surface area contributed by atoms with Gasteiger partial charge in [-0.3, -0.25) is 14.5 Å². The zero-order chi connectivity index (χ0) is 27.8. The number of aromatic nitrogens is 1. The Morgan fingerprint density at radius 1 is 1.23 bits per heavy atom. The first kappa shape index (κ1) is 26.5. The topological polar surface area (TPSA) is 108 Å². The average molecular weight is 567 g/mol. The normalized spacial score (nSPS) is 14.4. The van der Waals surface area contributed by atoms with Gasteiger partial charge in [-0.1, -0.05) is 41.7 Å². The summed E-state index contributed by atoms with van der Waals surface area (Å²) in [5.41, 5.74) is 0.892. The van der Waals surface area contributed by atoms with Crippen LogP contribution >= 0.6 is 22.9 Å². The summed E-state index contributed by atoms with van der Waals surface area (Å²) in [7, 11) is 1.50. The molecule has 200 valence electrons. The summed E-state index contributed by atoms with van der Waals surface area (Å²) in [4.78, 5) is 46.4. The molecule has 0 N–H and O–H groups in total. The number of anilines is 1. The van der Waals surface area contributed by atoms with Crippen molar-refractivity contribution in [1.82, 2.24) is 4.98 Å². The van der Waals surface area contributed by atoms with Crippen molar-refractivity contribution in [2.75, 3.05) is 25.2 Å². The second kappa shape index (κ2) is 10.5. The Morgan fingerprint density at radius 3 is 2.74 bits per heavy atom. The van der Waals surface area contributed by atoms with E-state index in [4.69, 9.17) is 30.2 Å². The van der Waals surface area contributed by atoms with Crippen LogP contribution in [0.4, 0.5) is 5.13 Å². The fourth-order valence-corrected chi connectivity index (χ4v) is 5.62. The molecule has 0 bridgehead atoms. The lowest BCUT2D eigenvalue weighted by atomic mass is 9.98. The fourth-order valence-electron chi connectivity index (χ4n) is 4.46. The van der Waals surface area contributed by atoms with E-state index in [0.29, 0.717) is 34.4 Å². The standard InChI is InChI=1S/C28H23ClN2O7S/c1-5-11-37-27(34)25-14(3)30-28(39-25)31-22(15-7-9-19(36-6-2)20(12-15)35-4)21-23(32)17-13-16(29)8-10-18(17)38-24(21)26(31)33/h5,7-10,12-13,22H,1,6,11H2,2-4H3. The fraction of sp³-hybridized carbons (Fsp3) is 0.214. The monoisotopic (exact) mass is 566 g/mol. The number of hydrogen-bond donors (Lipinski definition) is 0. The van der Waals surface area contributed by atoms with Crippen LogP contribution in [0.15, 0.2) is 58.3 Å². The summed E-state index contributed by atoms with van der Waals surface area (Å²) in [5.74, 6) is -0.344. The smallest absolute Gasteiger partial charge is 0.350 e. The average Bonchev–Trinajstić information content (AvgIpc) is 3.45. The Bertz CT molecular complexity index is 1690. The molecule has 0 fully saturated rings. The number of fused-ring (bicyclic) bond motifs is 2. The van der Waals surface area contributed by atoms with Crippen LogP contribution in [0.1, 0.15) is 50.0 Å². The highest BCUT2D eigenvalue weighted by Gasteiger charge is 2.45. The molecule has 0 aliphatic carbocycles. The van der Waals surface area contributed by atoms with E-state index in [0.717, 1.165) is 11.3 Å². The van der Waals surface area contributed by atoms with Gasteiger partial charge in [-0.15, -0.1) is 0 Å². The number of amides is 1. The third-order valence-electron chi connectivity index (χ3n) is 6.14. The van der Waals surface area contributed by atoms with Gasteiger partial charge in [-0.25, -0.2) is 9.78 Å². The summed E-state index contributed by atoms with van der Waals surface area (Å²) in [6.07, 6.45) is 1.46. The van der Waals surface area contributed by atoms with Gasteiger partial charge in [0.2, 0.25) is 5.76 Å². The van der Waals surface area contributed by atoms with Crippen LogP contribution in [0.5, 0.6) is 11.5 Å². The molecule has 0 spiro atoms. The Labute approximate surface area is 232 Å². The number of rotatable bonds is 8. The lowest BCUT2D eigenvalue weighted by molar-refractivity contribution is 0.0554. The number of methoxy groups -OCH3 is 1. The van der Waals surface area contributed by atoms with Gasteiger partial charge in [0.1, 0.15) is 17.1 Å². The van der Waals surface area contributed by atoms with Crippen LogP contribution in [-0.2, 0) is 4.74 Å². The third-order valence-corrected chi connectivity index (χ3v) is 7.52. The van der Waals surface area contributed by atoms with E-state index in [1.54, 1.807) is 37.3 Å². The minimum atomic E-state index is -0.931. The van der Waals surface area contributed by atoms with Gasteiger partial charge in [0.25, 0.3) is 5.91 Å². The Balaban J connectivity index is 1.73. The Kier molecular flexibility index (Phi) is 7.16. The van der Waals surface area contributed by atoms with E-state index < -0.39 is 23.3 Å². The first-order chi connectivity index (χ1) is 18.8. The van der Waals surface area contributed by atoms with Crippen molar-refractivity contribution < 1.29 is 28.2 Å². The van der Waals surface area contributed by atoms with E-state index in [9.17, 15) is 14.4 Å². The number of hydrogen-bond acceptors (Lipinski definition) is 9. The van der Waals surface area contributed by atoms with Crippen molar-refractivity contribution in [3.63, 3.8) is 0 Å². The minimum Gasteiger partial charge on any atom is -0.493 e. The van der Waals surface area contributed by atoms with Gasteiger partial charge in [0.15, 0.2) is 22.1 Å². The van der Waals surface area contributed by atoms with Crippen LogP contribution < -0.4 is 19.8 Å². The van der Waals surface area contributed by atoms with Gasteiger partial charge in [0, 0.05) is 5.02 Å².